The molecule has 7 nitrogen and oxygen atoms in total. The molecule has 31 heavy (non-hydrogen) atoms. The molecule has 1 aliphatic rings. The second kappa shape index (κ2) is 9.12. The first-order chi connectivity index (χ1) is 14.7. The summed E-state index contributed by atoms with van der Waals surface area (Å²) in [5.74, 6) is -1.23. The number of nitrogens with one attached hydrogen (secondary N) is 1. The quantitative estimate of drug-likeness (QED) is 0.723. The van der Waals surface area contributed by atoms with E-state index in [-0.39, 0.29) is 30.2 Å². The van der Waals surface area contributed by atoms with Gasteiger partial charge in [0, 0.05) is 24.2 Å². The summed E-state index contributed by atoms with van der Waals surface area (Å²) in [6, 6.07) is 12.7. The summed E-state index contributed by atoms with van der Waals surface area (Å²) >= 11 is 0. The van der Waals surface area contributed by atoms with Crippen molar-refractivity contribution in [2.45, 2.75) is 52.6 Å². The standard InChI is InChI=1S/C24H27N3O4/c1-5-16(3)26(23(30)20-9-7-6-8-15(20)2)21-14-22(29)27(24(21)31)19-12-10-18(11-13-19)25-17(4)28/h6-13,16,21H,5,14H2,1-4H3,(H,25,28). The Kier molecular flexibility index (Phi) is 6.53. The Balaban J connectivity index is 1.91. The first kappa shape index (κ1) is 22.2. The van der Waals surface area contributed by atoms with Gasteiger partial charge in [0.15, 0.2) is 0 Å². The summed E-state index contributed by atoms with van der Waals surface area (Å²) in [4.78, 5) is 53.4. The predicted molar refractivity (Wildman–Crippen MR) is 119 cm³/mol. The molecular formula is C24H27N3O4. The van der Waals surface area contributed by atoms with Gasteiger partial charge in [-0.05, 0) is 56.2 Å². The van der Waals surface area contributed by atoms with Crippen LogP contribution in [-0.2, 0) is 14.4 Å². The van der Waals surface area contributed by atoms with E-state index in [2.05, 4.69) is 5.32 Å². The lowest BCUT2D eigenvalue weighted by atomic mass is 10.0. The molecule has 0 radical (unpaired) electrons. The van der Waals surface area contributed by atoms with Crippen LogP contribution in [0.4, 0.5) is 11.4 Å². The van der Waals surface area contributed by atoms with Crippen LogP contribution in [0.5, 0.6) is 0 Å². The Morgan fingerprint density at radius 1 is 1.13 bits per heavy atom. The van der Waals surface area contributed by atoms with Gasteiger partial charge < -0.3 is 10.2 Å². The Morgan fingerprint density at radius 3 is 2.35 bits per heavy atom. The highest BCUT2D eigenvalue weighted by Gasteiger charge is 2.45. The molecule has 7 heteroatoms. The van der Waals surface area contributed by atoms with E-state index in [1.54, 1.807) is 41.3 Å². The molecule has 0 bridgehead atoms. The van der Waals surface area contributed by atoms with Gasteiger partial charge in [-0.3, -0.25) is 19.2 Å². The fourth-order valence-electron chi connectivity index (χ4n) is 3.80. The predicted octanol–water partition coefficient (Wildman–Crippen LogP) is 3.53. The number of anilines is 2. The van der Waals surface area contributed by atoms with Crippen molar-refractivity contribution in [3.63, 3.8) is 0 Å². The maximum absolute atomic E-state index is 13.4. The van der Waals surface area contributed by atoms with Crippen molar-refractivity contribution in [1.82, 2.24) is 4.90 Å². The minimum absolute atomic E-state index is 0.0613. The van der Waals surface area contributed by atoms with Gasteiger partial charge in [0.25, 0.3) is 11.8 Å². The fraction of sp³-hybridized carbons (Fsp3) is 0.333. The van der Waals surface area contributed by atoms with Gasteiger partial charge in [0.1, 0.15) is 6.04 Å². The minimum atomic E-state index is -0.857. The molecule has 0 aliphatic carbocycles. The van der Waals surface area contributed by atoms with E-state index in [0.29, 0.717) is 23.4 Å². The summed E-state index contributed by atoms with van der Waals surface area (Å²) in [5.41, 5.74) is 2.34. The zero-order chi connectivity index (χ0) is 22.7. The number of rotatable bonds is 6. The van der Waals surface area contributed by atoms with Gasteiger partial charge in [-0.15, -0.1) is 0 Å². The number of hydrogen-bond donors (Lipinski definition) is 1. The van der Waals surface area contributed by atoms with Crippen molar-refractivity contribution in [1.29, 1.82) is 0 Å². The number of benzene rings is 2. The molecule has 1 saturated heterocycles. The molecule has 0 aromatic heterocycles. The van der Waals surface area contributed by atoms with E-state index in [9.17, 15) is 19.2 Å². The van der Waals surface area contributed by atoms with Crippen LogP contribution in [0.3, 0.4) is 0 Å². The molecule has 0 spiro atoms. The Bertz CT molecular complexity index is 1020. The fourth-order valence-corrected chi connectivity index (χ4v) is 3.80. The number of amides is 4. The molecule has 2 unspecified atom stereocenters. The zero-order valence-corrected chi connectivity index (χ0v) is 18.2. The molecule has 1 fully saturated rings. The number of imide groups is 1. The molecule has 1 heterocycles. The average molecular weight is 421 g/mol. The van der Waals surface area contributed by atoms with Gasteiger partial charge in [-0.1, -0.05) is 25.1 Å². The second-order valence-electron chi connectivity index (χ2n) is 7.80. The third-order valence-electron chi connectivity index (χ3n) is 5.58. The molecule has 2 aromatic rings. The monoisotopic (exact) mass is 421 g/mol. The summed E-state index contributed by atoms with van der Waals surface area (Å²) in [7, 11) is 0. The Hall–Kier alpha value is -3.48. The molecule has 1 aliphatic heterocycles. The molecular weight excluding hydrogens is 394 g/mol. The number of nitrogens with zero attached hydrogens (tertiary/aromatic N) is 2. The highest BCUT2D eigenvalue weighted by molar-refractivity contribution is 6.23. The largest absolute Gasteiger partial charge is 0.326 e. The number of carbonyl (C=O) groups excluding carboxylic acids is 4. The van der Waals surface area contributed by atoms with E-state index < -0.39 is 11.9 Å². The maximum Gasteiger partial charge on any atom is 0.257 e. The van der Waals surface area contributed by atoms with E-state index in [1.807, 2.05) is 32.9 Å². The smallest absolute Gasteiger partial charge is 0.257 e. The summed E-state index contributed by atoms with van der Waals surface area (Å²) < 4.78 is 0. The van der Waals surface area contributed by atoms with E-state index >= 15 is 0 Å². The normalized spacial score (nSPS) is 16.9. The number of aryl methyl sites for hydroxylation is 1. The van der Waals surface area contributed by atoms with Crippen LogP contribution < -0.4 is 10.2 Å². The molecule has 4 amide bonds. The number of hydrogen-bond acceptors (Lipinski definition) is 4. The average Bonchev–Trinajstić information content (AvgIpc) is 3.02. The van der Waals surface area contributed by atoms with Gasteiger partial charge in [-0.2, -0.15) is 0 Å². The molecule has 2 aromatic carbocycles. The van der Waals surface area contributed by atoms with Crippen LogP contribution >= 0.6 is 0 Å². The SMILES string of the molecule is CCC(C)N(C(=O)c1ccccc1C)C1CC(=O)N(c2ccc(NC(C)=O)cc2)C1=O. The summed E-state index contributed by atoms with van der Waals surface area (Å²) in [6.45, 7) is 7.09. The lowest BCUT2D eigenvalue weighted by molar-refractivity contribution is -0.123. The number of carbonyl (C=O) groups is 4. The molecule has 162 valence electrons. The van der Waals surface area contributed by atoms with Crippen LogP contribution in [0.1, 0.15) is 49.5 Å². The van der Waals surface area contributed by atoms with Crippen molar-refractivity contribution in [2.24, 2.45) is 0 Å². The van der Waals surface area contributed by atoms with Gasteiger partial charge >= 0.3 is 0 Å². The van der Waals surface area contributed by atoms with Gasteiger partial charge in [0.05, 0.1) is 12.1 Å². The maximum atomic E-state index is 13.4. The van der Waals surface area contributed by atoms with Crippen molar-refractivity contribution in [3.05, 3.63) is 59.7 Å². The second-order valence-corrected chi connectivity index (χ2v) is 7.80. The zero-order valence-electron chi connectivity index (χ0n) is 18.2. The topological polar surface area (TPSA) is 86.8 Å². The van der Waals surface area contributed by atoms with Crippen LogP contribution in [0.2, 0.25) is 0 Å². The molecule has 1 N–H and O–H groups in total. The van der Waals surface area contributed by atoms with Crippen LogP contribution in [-0.4, -0.2) is 40.6 Å². The van der Waals surface area contributed by atoms with Gasteiger partial charge in [-0.25, -0.2) is 4.90 Å². The lowest BCUT2D eigenvalue weighted by Crippen LogP contribution is -2.49. The first-order valence-corrected chi connectivity index (χ1v) is 10.4. The molecule has 2 atom stereocenters. The first-order valence-electron chi connectivity index (χ1n) is 10.4. The van der Waals surface area contributed by atoms with Crippen molar-refractivity contribution >= 4 is 35.0 Å². The van der Waals surface area contributed by atoms with Crippen LogP contribution in [0, 0.1) is 6.92 Å². The summed E-state index contributed by atoms with van der Waals surface area (Å²) in [6.07, 6.45) is 0.593. The van der Waals surface area contributed by atoms with E-state index in [0.717, 1.165) is 10.5 Å². The third-order valence-corrected chi connectivity index (χ3v) is 5.58. The van der Waals surface area contributed by atoms with Crippen LogP contribution in [0.15, 0.2) is 48.5 Å². The highest BCUT2D eigenvalue weighted by Crippen LogP contribution is 2.29. The minimum Gasteiger partial charge on any atom is -0.326 e. The van der Waals surface area contributed by atoms with E-state index in [4.69, 9.17) is 0 Å². The van der Waals surface area contributed by atoms with Crippen molar-refractivity contribution in [3.8, 4) is 0 Å². The molecule has 3 rings (SSSR count). The Labute approximate surface area is 182 Å². The van der Waals surface area contributed by atoms with Crippen molar-refractivity contribution < 1.29 is 19.2 Å². The van der Waals surface area contributed by atoms with Crippen LogP contribution in [0.25, 0.3) is 0 Å². The lowest BCUT2D eigenvalue weighted by Gasteiger charge is -2.33. The van der Waals surface area contributed by atoms with Gasteiger partial charge in [0.2, 0.25) is 11.8 Å². The van der Waals surface area contributed by atoms with E-state index in [1.165, 1.54) is 6.92 Å². The summed E-state index contributed by atoms with van der Waals surface area (Å²) in [5, 5.41) is 2.65. The highest BCUT2D eigenvalue weighted by atomic mass is 16.2. The third kappa shape index (κ3) is 4.50. The Morgan fingerprint density at radius 2 is 1.77 bits per heavy atom. The molecule has 0 saturated carbocycles. The van der Waals surface area contributed by atoms with Crippen molar-refractivity contribution in [2.75, 3.05) is 10.2 Å².